The number of rotatable bonds is 3. The molecule has 2 heterocycles. The lowest BCUT2D eigenvalue weighted by Gasteiger charge is -2.25. The van der Waals surface area contributed by atoms with E-state index in [2.05, 4.69) is 5.32 Å². The molecule has 2 unspecified atom stereocenters. The Bertz CT molecular complexity index is 481. The molecule has 0 aromatic heterocycles. The molecule has 22 heavy (non-hydrogen) atoms. The van der Waals surface area contributed by atoms with Crippen LogP contribution >= 0.6 is 0 Å². The zero-order chi connectivity index (χ0) is 16.5. The van der Waals surface area contributed by atoms with Crippen molar-refractivity contribution in [1.82, 2.24) is 15.1 Å². The van der Waals surface area contributed by atoms with Crippen LogP contribution in [0.4, 0.5) is 13.2 Å². The van der Waals surface area contributed by atoms with E-state index in [1.807, 2.05) is 0 Å². The smallest absolute Gasteiger partial charge is 0.354 e. The molecule has 3 amide bonds. The Hall–Kier alpha value is -1.80. The summed E-state index contributed by atoms with van der Waals surface area (Å²) >= 11 is 0. The van der Waals surface area contributed by atoms with Crippen LogP contribution in [0, 0.1) is 5.92 Å². The number of carbonyl (C=O) groups is 3. The summed E-state index contributed by atoms with van der Waals surface area (Å²) in [5.74, 6) is -2.62. The molecule has 9 heteroatoms. The van der Waals surface area contributed by atoms with E-state index in [4.69, 9.17) is 0 Å². The van der Waals surface area contributed by atoms with Crippen LogP contribution in [0.5, 0.6) is 0 Å². The molecule has 1 N–H and O–H groups in total. The molecular weight excluding hydrogens is 303 g/mol. The summed E-state index contributed by atoms with van der Waals surface area (Å²) in [6.07, 6.45) is -4.07. The topological polar surface area (TPSA) is 69.7 Å². The van der Waals surface area contributed by atoms with Gasteiger partial charge in [-0.15, -0.1) is 0 Å². The van der Waals surface area contributed by atoms with Crippen molar-refractivity contribution in [1.29, 1.82) is 0 Å². The molecule has 2 fully saturated rings. The molecule has 0 aliphatic carbocycles. The molecule has 0 radical (unpaired) electrons. The Labute approximate surface area is 125 Å². The van der Waals surface area contributed by atoms with E-state index < -0.39 is 24.0 Å². The minimum absolute atomic E-state index is 0.0195. The Morgan fingerprint density at radius 2 is 2.05 bits per heavy atom. The summed E-state index contributed by atoms with van der Waals surface area (Å²) in [4.78, 5) is 36.8. The number of amides is 3. The number of hydrogen-bond acceptors (Lipinski definition) is 3. The number of nitrogens with zero attached hydrogens (tertiary/aromatic N) is 2. The molecule has 2 aliphatic heterocycles. The first-order valence-corrected chi connectivity index (χ1v) is 7.09. The third-order valence-electron chi connectivity index (χ3n) is 4.04. The first kappa shape index (κ1) is 16.6. The second-order valence-corrected chi connectivity index (χ2v) is 5.74. The van der Waals surface area contributed by atoms with Gasteiger partial charge in [0.15, 0.2) is 0 Å². The van der Waals surface area contributed by atoms with Crippen LogP contribution in [0.1, 0.15) is 19.3 Å². The SMILES string of the molecule is CN1CC(CNC(=O)C2CCCN2C(=O)C(F)(F)F)CC1=O. The van der Waals surface area contributed by atoms with Crippen molar-refractivity contribution in [3.05, 3.63) is 0 Å². The van der Waals surface area contributed by atoms with Gasteiger partial charge in [0, 0.05) is 39.0 Å². The first-order chi connectivity index (χ1) is 10.2. The van der Waals surface area contributed by atoms with Gasteiger partial charge in [0.2, 0.25) is 11.8 Å². The second kappa shape index (κ2) is 6.13. The van der Waals surface area contributed by atoms with Crippen LogP contribution < -0.4 is 5.32 Å². The van der Waals surface area contributed by atoms with Crippen molar-refractivity contribution in [2.24, 2.45) is 5.92 Å². The van der Waals surface area contributed by atoms with Crippen molar-refractivity contribution >= 4 is 17.7 Å². The molecule has 124 valence electrons. The molecule has 2 rings (SSSR count). The average Bonchev–Trinajstić information content (AvgIpc) is 3.02. The van der Waals surface area contributed by atoms with Gasteiger partial charge >= 0.3 is 12.1 Å². The van der Waals surface area contributed by atoms with E-state index in [0.717, 1.165) is 0 Å². The highest BCUT2D eigenvalue weighted by Gasteiger charge is 2.47. The summed E-state index contributed by atoms with van der Waals surface area (Å²) in [6, 6.07) is -1.08. The van der Waals surface area contributed by atoms with E-state index in [9.17, 15) is 27.6 Å². The lowest BCUT2D eigenvalue weighted by Crippen LogP contribution is -2.50. The minimum Gasteiger partial charge on any atom is -0.354 e. The molecule has 0 spiro atoms. The second-order valence-electron chi connectivity index (χ2n) is 5.74. The quantitative estimate of drug-likeness (QED) is 0.803. The van der Waals surface area contributed by atoms with Gasteiger partial charge in [-0.05, 0) is 12.8 Å². The number of nitrogens with one attached hydrogen (secondary N) is 1. The van der Waals surface area contributed by atoms with Crippen LogP contribution in [0.25, 0.3) is 0 Å². The van der Waals surface area contributed by atoms with E-state index >= 15 is 0 Å². The Morgan fingerprint density at radius 1 is 1.36 bits per heavy atom. The zero-order valence-corrected chi connectivity index (χ0v) is 12.2. The summed E-state index contributed by atoms with van der Waals surface area (Å²) < 4.78 is 37.5. The van der Waals surface area contributed by atoms with Crippen LogP contribution in [0.2, 0.25) is 0 Å². The number of hydrogen-bond donors (Lipinski definition) is 1. The normalized spacial score (nSPS) is 25.7. The summed E-state index contributed by atoms with van der Waals surface area (Å²) in [5, 5.41) is 2.56. The lowest BCUT2D eigenvalue weighted by atomic mass is 10.1. The summed E-state index contributed by atoms with van der Waals surface area (Å²) in [6.45, 7) is 0.662. The van der Waals surface area contributed by atoms with E-state index in [0.29, 0.717) is 24.3 Å². The molecule has 2 atom stereocenters. The summed E-state index contributed by atoms with van der Waals surface area (Å²) in [7, 11) is 1.66. The first-order valence-electron chi connectivity index (χ1n) is 7.09. The Morgan fingerprint density at radius 3 is 2.59 bits per heavy atom. The molecular formula is C13H18F3N3O3. The standard InChI is InChI=1S/C13H18F3N3O3/c1-18-7-8(5-10(18)20)6-17-11(21)9-3-2-4-19(9)12(22)13(14,15)16/h8-9H,2-7H2,1H3,(H,17,21). The molecule has 2 saturated heterocycles. The van der Waals surface area contributed by atoms with Gasteiger partial charge in [0.05, 0.1) is 0 Å². The zero-order valence-electron chi connectivity index (χ0n) is 12.2. The van der Waals surface area contributed by atoms with Gasteiger partial charge in [0.25, 0.3) is 0 Å². The lowest BCUT2D eigenvalue weighted by molar-refractivity contribution is -0.186. The van der Waals surface area contributed by atoms with Gasteiger partial charge in [-0.1, -0.05) is 0 Å². The molecule has 0 saturated carbocycles. The monoisotopic (exact) mass is 321 g/mol. The molecule has 6 nitrogen and oxygen atoms in total. The highest BCUT2D eigenvalue weighted by Crippen LogP contribution is 2.25. The van der Waals surface area contributed by atoms with E-state index in [1.165, 1.54) is 0 Å². The maximum atomic E-state index is 12.5. The fourth-order valence-electron chi connectivity index (χ4n) is 2.90. The summed E-state index contributed by atoms with van der Waals surface area (Å²) in [5.41, 5.74) is 0. The molecule has 2 aliphatic rings. The van der Waals surface area contributed by atoms with Gasteiger partial charge in [-0.25, -0.2) is 0 Å². The van der Waals surface area contributed by atoms with Crippen molar-refractivity contribution in [2.75, 3.05) is 26.7 Å². The largest absolute Gasteiger partial charge is 0.471 e. The highest BCUT2D eigenvalue weighted by molar-refractivity contribution is 5.90. The van der Waals surface area contributed by atoms with Crippen LogP contribution in [0.15, 0.2) is 0 Å². The Kier molecular flexibility index (Phi) is 4.62. The fraction of sp³-hybridized carbons (Fsp3) is 0.769. The van der Waals surface area contributed by atoms with Crippen molar-refractivity contribution < 1.29 is 27.6 Å². The van der Waals surface area contributed by atoms with E-state index in [-0.39, 0.29) is 31.3 Å². The van der Waals surface area contributed by atoms with Gasteiger partial charge in [-0.3, -0.25) is 14.4 Å². The van der Waals surface area contributed by atoms with Crippen LogP contribution in [-0.2, 0) is 14.4 Å². The number of halogens is 3. The van der Waals surface area contributed by atoms with E-state index in [1.54, 1.807) is 11.9 Å². The predicted molar refractivity (Wildman–Crippen MR) is 69.5 cm³/mol. The maximum Gasteiger partial charge on any atom is 0.471 e. The molecule has 0 aromatic carbocycles. The van der Waals surface area contributed by atoms with Crippen molar-refractivity contribution in [3.63, 3.8) is 0 Å². The van der Waals surface area contributed by atoms with Crippen molar-refractivity contribution in [2.45, 2.75) is 31.5 Å². The Balaban J connectivity index is 1.89. The van der Waals surface area contributed by atoms with Gasteiger partial charge in [0.1, 0.15) is 6.04 Å². The third kappa shape index (κ3) is 3.50. The molecule has 0 bridgehead atoms. The maximum absolute atomic E-state index is 12.5. The number of likely N-dealkylation sites (tertiary alicyclic amines) is 2. The fourth-order valence-corrected chi connectivity index (χ4v) is 2.90. The predicted octanol–water partition coefficient (Wildman–Crippen LogP) is 0.134. The minimum atomic E-state index is -4.97. The molecule has 0 aromatic rings. The van der Waals surface area contributed by atoms with Gasteiger partial charge < -0.3 is 15.1 Å². The highest BCUT2D eigenvalue weighted by atomic mass is 19.4. The van der Waals surface area contributed by atoms with Crippen LogP contribution in [0.3, 0.4) is 0 Å². The van der Waals surface area contributed by atoms with Crippen molar-refractivity contribution in [3.8, 4) is 0 Å². The number of carbonyl (C=O) groups excluding carboxylic acids is 3. The average molecular weight is 321 g/mol. The number of alkyl halides is 3. The van der Waals surface area contributed by atoms with Crippen LogP contribution in [-0.4, -0.2) is 66.4 Å². The van der Waals surface area contributed by atoms with Gasteiger partial charge in [-0.2, -0.15) is 13.2 Å². The third-order valence-corrected chi connectivity index (χ3v) is 4.04.